The number of carbonyl (C=O) groups is 1. The third-order valence-corrected chi connectivity index (χ3v) is 6.38. The molecule has 26 heavy (non-hydrogen) atoms. The Hall–Kier alpha value is -2.25. The minimum Gasteiger partial charge on any atom is -0.319 e. The monoisotopic (exact) mass is 376 g/mol. The first-order valence-corrected chi connectivity index (χ1v) is 9.98. The van der Waals surface area contributed by atoms with Crippen molar-refractivity contribution < 1.29 is 17.6 Å². The average molecular weight is 376 g/mol. The van der Waals surface area contributed by atoms with Gasteiger partial charge in [0.2, 0.25) is 10.0 Å². The SMILES string of the molecule is CC1CCCN(S(=O)(=O)c2ccc(C(=O)Nc3ccccc3F)cc2)C1. The van der Waals surface area contributed by atoms with Crippen molar-refractivity contribution in [3.63, 3.8) is 0 Å². The highest BCUT2D eigenvalue weighted by atomic mass is 32.2. The number of nitrogens with one attached hydrogen (secondary N) is 1. The molecule has 7 heteroatoms. The Bertz CT molecular complexity index is 897. The molecule has 0 aromatic heterocycles. The van der Waals surface area contributed by atoms with Crippen LogP contribution in [0.1, 0.15) is 30.1 Å². The molecule has 3 rings (SSSR count). The van der Waals surface area contributed by atoms with E-state index in [2.05, 4.69) is 5.32 Å². The van der Waals surface area contributed by atoms with Crippen LogP contribution >= 0.6 is 0 Å². The maximum atomic E-state index is 13.6. The van der Waals surface area contributed by atoms with Crippen molar-refractivity contribution in [3.05, 3.63) is 59.9 Å². The summed E-state index contributed by atoms with van der Waals surface area (Å²) in [5, 5.41) is 2.48. The Morgan fingerprint density at radius 3 is 2.50 bits per heavy atom. The number of benzene rings is 2. The second-order valence-corrected chi connectivity index (χ2v) is 8.51. The second kappa shape index (κ2) is 7.55. The molecule has 1 fully saturated rings. The van der Waals surface area contributed by atoms with Gasteiger partial charge >= 0.3 is 0 Å². The maximum Gasteiger partial charge on any atom is 0.255 e. The molecule has 1 aliphatic rings. The Balaban J connectivity index is 1.75. The summed E-state index contributed by atoms with van der Waals surface area (Å²) in [6.45, 7) is 3.07. The lowest BCUT2D eigenvalue weighted by Crippen LogP contribution is -2.39. The average Bonchev–Trinajstić information content (AvgIpc) is 2.63. The van der Waals surface area contributed by atoms with Crippen LogP contribution in [0.3, 0.4) is 0 Å². The predicted octanol–water partition coefficient (Wildman–Crippen LogP) is 3.50. The summed E-state index contributed by atoms with van der Waals surface area (Å²) < 4.78 is 40.6. The van der Waals surface area contributed by atoms with Gasteiger partial charge in [0.15, 0.2) is 0 Å². The van der Waals surface area contributed by atoms with Gasteiger partial charge in [-0.2, -0.15) is 4.31 Å². The van der Waals surface area contributed by atoms with E-state index < -0.39 is 21.7 Å². The van der Waals surface area contributed by atoms with Gasteiger partial charge in [0, 0.05) is 18.7 Å². The van der Waals surface area contributed by atoms with Crippen LogP contribution in [0.2, 0.25) is 0 Å². The van der Waals surface area contributed by atoms with Gasteiger partial charge in [-0.15, -0.1) is 0 Å². The molecular weight excluding hydrogens is 355 g/mol. The Labute approximate surface area is 152 Å². The third-order valence-electron chi connectivity index (χ3n) is 4.50. The van der Waals surface area contributed by atoms with Gasteiger partial charge in [0.25, 0.3) is 5.91 Å². The van der Waals surface area contributed by atoms with Crippen LogP contribution < -0.4 is 5.32 Å². The van der Waals surface area contributed by atoms with E-state index in [1.54, 1.807) is 6.07 Å². The Morgan fingerprint density at radius 2 is 1.85 bits per heavy atom. The van der Waals surface area contributed by atoms with Crippen molar-refractivity contribution in [1.29, 1.82) is 0 Å². The number of rotatable bonds is 4. The van der Waals surface area contributed by atoms with E-state index in [1.807, 2.05) is 6.92 Å². The number of nitrogens with zero attached hydrogens (tertiary/aromatic N) is 1. The van der Waals surface area contributed by atoms with E-state index in [-0.39, 0.29) is 16.1 Å². The summed E-state index contributed by atoms with van der Waals surface area (Å²) in [5.74, 6) is -0.686. The van der Waals surface area contributed by atoms with Gasteiger partial charge in [-0.1, -0.05) is 19.1 Å². The van der Waals surface area contributed by atoms with Crippen molar-refractivity contribution in [2.75, 3.05) is 18.4 Å². The summed E-state index contributed by atoms with van der Waals surface area (Å²) in [6, 6.07) is 11.6. The standard InChI is InChI=1S/C19H21FN2O3S/c1-14-5-4-12-22(13-14)26(24,25)16-10-8-15(9-11-16)19(23)21-18-7-3-2-6-17(18)20/h2-3,6-11,14H,4-5,12-13H2,1H3,(H,21,23). The molecule has 1 unspecified atom stereocenters. The van der Waals surface area contributed by atoms with Crippen LogP contribution in [-0.4, -0.2) is 31.7 Å². The topological polar surface area (TPSA) is 66.5 Å². The predicted molar refractivity (Wildman–Crippen MR) is 98.0 cm³/mol. The minimum atomic E-state index is -3.56. The first kappa shape index (κ1) is 18.5. The smallest absolute Gasteiger partial charge is 0.255 e. The third kappa shape index (κ3) is 3.94. The zero-order valence-electron chi connectivity index (χ0n) is 14.5. The molecule has 0 aliphatic carbocycles. The first-order valence-electron chi connectivity index (χ1n) is 8.54. The molecule has 1 aliphatic heterocycles. The highest BCUT2D eigenvalue weighted by Crippen LogP contribution is 2.24. The van der Waals surface area contributed by atoms with Crippen LogP contribution in [0.15, 0.2) is 53.4 Å². The van der Waals surface area contributed by atoms with Gasteiger partial charge in [-0.25, -0.2) is 12.8 Å². The minimum absolute atomic E-state index is 0.0801. The highest BCUT2D eigenvalue weighted by Gasteiger charge is 2.28. The van der Waals surface area contributed by atoms with Crippen molar-refractivity contribution in [2.45, 2.75) is 24.7 Å². The largest absolute Gasteiger partial charge is 0.319 e. The number of hydrogen-bond acceptors (Lipinski definition) is 3. The molecule has 0 radical (unpaired) electrons. The molecule has 2 aromatic carbocycles. The van der Waals surface area contributed by atoms with Crippen molar-refractivity contribution in [3.8, 4) is 0 Å². The summed E-state index contributed by atoms with van der Waals surface area (Å²) in [6.07, 6.45) is 1.88. The number of sulfonamides is 1. The molecule has 138 valence electrons. The van der Waals surface area contributed by atoms with Crippen LogP contribution in [0.4, 0.5) is 10.1 Å². The number of para-hydroxylation sites is 1. The summed E-state index contributed by atoms with van der Waals surface area (Å²) >= 11 is 0. The maximum absolute atomic E-state index is 13.6. The fourth-order valence-electron chi connectivity index (χ4n) is 3.05. The van der Waals surface area contributed by atoms with Gasteiger partial charge in [0.1, 0.15) is 5.82 Å². The van der Waals surface area contributed by atoms with Crippen LogP contribution in [0.25, 0.3) is 0 Å². The number of carbonyl (C=O) groups excluding carboxylic acids is 1. The van der Waals surface area contributed by atoms with Crippen molar-refractivity contribution in [2.24, 2.45) is 5.92 Å². The molecule has 0 bridgehead atoms. The highest BCUT2D eigenvalue weighted by molar-refractivity contribution is 7.89. The summed E-state index contributed by atoms with van der Waals surface area (Å²) in [4.78, 5) is 12.4. The zero-order chi connectivity index (χ0) is 18.7. The Morgan fingerprint density at radius 1 is 1.15 bits per heavy atom. The van der Waals surface area contributed by atoms with E-state index in [9.17, 15) is 17.6 Å². The molecular formula is C19H21FN2O3S. The van der Waals surface area contributed by atoms with Crippen LogP contribution in [-0.2, 0) is 10.0 Å². The Kier molecular flexibility index (Phi) is 5.38. The molecule has 1 atom stereocenters. The van der Waals surface area contributed by atoms with Gasteiger partial charge in [0.05, 0.1) is 10.6 Å². The lowest BCUT2D eigenvalue weighted by atomic mass is 10.0. The lowest BCUT2D eigenvalue weighted by Gasteiger charge is -2.30. The summed E-state index contributed by atoms with van der Waals surface area (Å²) in [5.41, 5.74) is 0.343. The quantitative estimate of drug-likeness (QED) is 0.888. The number of hydrogen-bond donors (Lipinski definition) is 1. The molecule has 5 nitrogen and oxygen atoms in total. The summed E-state index contributed by atoms with van der Waals surface area (Å²) in [7, 11) is -3.56. The van der Waals surface area contributed by atoms with Gasteiger partial charge < -0.3 is 5.32 Å². The molecule has 0 saturated carbocycles. The van der Waals surface area contributed by atoms with Gasteiger partial charge in [-0.3, -0.25) is 4.79 Å². The molecule has 1 N–H and O–H groups in total. The van der Waals surface area contributed by atoms with E-state index in [1.165, 1.54) is 46.8 Å². The number of amides is 1. The second-order valence-electron chi connectivity index (χ2n) is 6.57. The van der Waals surface area contributed by atoms with E-state index in [0.717, 1.165) is 12.8 Å². The van der Waals surface area contributed by atoms with E-state index >= 15 is 0 Å². The molecule has 0 spiro atoms. The number of anilines is 1. The van der Waals surface area contributed by atoms with Crippen molar-refractivity contribution >= 4 is 21.6 Å². The van der Waals surface area contributed by atoms with Crippen LogP contribution in [0.5, 0.6) is 0 Å². The van der Waals surface area contributed by atoms with E-state index in [0.29, 0.717) is 19.0 Å². The number of halogens is 1. The zero-order valence-corrected chi connectivity index (χ0v) is 15.3. The number of piperidine rings is 1. The van der Waals surface area contributed by atoms with Crippen molar-refractivity contribution in [1.82, 2.24) is 4.31 Å². The molecule has 2 aromatic rings. The van der Waals surface area contributed by atoms with E-state index in [4.69, 9.17) is 0 Å². The normalized spacial score (nSPS) is 18.5. The molecule has 1 heterocycles. The van der Waals surface area contributed by atoms with Crippen LogP contribution in [0, 0.1) is 11.7 Å². The molecule has 1 saturated heterocycles. The fourth-order valence-corrected chi connectivity index (χ4v) is 4.65. The fraction of sp³-hybridized carbons (Fsp3) is 0.316. The van der Waals surface area contributed by atoms with Gasteiger partial charge in [-0.05, 0) is 55.2 Å². The molecule has 1 amide bonds. The lowest BCUT2D eigenvalue weighted by molar-refractivity contribution is 0.102. The first-order chi connectivity index (χ1) is 12.4.